The van der Waals surface area contributed by atoms with Crippen molar-refractivity contribution in [2.75, 3.05) is 0 Å². The van der Waals surface area contributed by atoms with Crippen molar-refractivity contribution >= 4 is 21.8 Å². The highest BCUT2D eigenvalue weighted by Crippen LogP contribution is 2.61. The van der Waals surface area contributed by atoms with E-state index in [4.69, 9.17) is 0 Å². The zero-order valence-electron chi connectivity index (χ0n) is 30.7. The van der Waals surface area contributed by atoms with E-state index in [1.54, 1.807) is 0 Å². The molecule has 1 fully saturated rings. The number of para-hydroxylation sites is 3. The lowest BCUT2D eigenvalue weighted by Gasteiger charge is -2.40. The summed E-state index contributed by atoms with van der Waals surface area (Å²) >= 11 is 0. The molecule has 4 nitrogen and oxygen atoms in total. The fourth-order valence-corrected chi connectivity index (χ4v) is 10.2. The van der Waals surface area contributed by atoms with Gasteiger partial charge in [-0.1, -0.05) is 176 Å². The quantitative estimate of drug-likeness (QED) is 0.170. The van der Waals surface area contributed by atoms with Crippen molar-refractivity contribution < 1.29 is 0 Å². The van der Waals surface area contributed by atoms with E-state index in [0.717, 1.165) is 0 Å². The van der Waals surface area contributed by atoms with Gasteiger partial charge in [-0.2, -0.15) is 0 Å². The molecular weight excluding hydrogens is 681 g/mol. The summed E-state index contributed by atoms with van der Waals surface area (Å²) in [5.41, 5.74) is 17.2. The molecule has 0 amide bonds. The largest absolute Gasteiger partial charge is 0.309 e. The van der Waals surface area contributed by atoms with Crippen molar-refractivity contribution in [2.24, 2.45) is 0 Å². The Morgan fingerprint density at radius 2 is 0.964 bits per heavy atom. The number of hydrogen-bond acceptors (Lipinski definition) is 3. The second-order valence-electron chi connectivity index (χ2n) is 15.3. The summed E-state index contributed by atoms with van der Waals surface area (Å²) in [6, 6.07) is 71.6. The molecule has 9 aromatic rings. The molecule has 1 saturated heterocycles. The smallest absolute Gasteiger partial charge is 0.0870 e. The number of nitrogens with one attached hydrogen (secondary N) is 3. The highest BCUT2D eigenvalue weighted by molar-refractivity contribution is 6.12. The Bertz CT molecular complexity index is 2940. The highest BCUT2D eigenvalue weighted by Gasteiger charge is 2.51. The Balaban J connectivity index is 1.08. The molecule has 0 radical (unpaired) electrons. The molecule has 3 aliphatic rings. The summed E-state index contributed by atoms with van der Waals surface area (Å²) in [5, 5.41) is 14.3. The maximum Gasteiger partial charge on any atom is 0.0870 e. The molecule has 3 atom stereocenters. The first kappa shape index (κ1) is 31.8. The number of aromatic nitrogens is 1. The predicted molar refractivity (Wildman–Crippen MR) is 228 cm³/mol. The van der Waals surface area contributed by atoms with Gasteiger partial charge in [0.1, 0.15) is 0 Å². The van der Waals surface area contributed by atoms with Crippen LogP contribution < -0.4 is 16.0 Å². The summed E-state index contributed by atoms with van der Waals surface area (Å²) in [7, 11) is 0. The van der Waals surface area contributed by atoms with Gasteiger partial charge >= 0.3 is 0 Å². The molecule has 0 saturated carbocycles. The van der Waals surface area contributed by atoms with E-state index in [1.807, 2.05) is 0 Å². The van der Waals surface area contributed by atoms with Gasteiger partial charge in [0.15, 0.2) is 0 Å². The molecule has 266 valence electrons. The van der Waals surface area contributed by atoms with Gasteiger partial charge in [-0.15, -0.1) is 0 Å². The molecule has 8 aromatic carbocycles. The minimum atomic E-state index is -0.501. The number of nitrogens with zero attached hydrogens (tertiary/aromatic N) is 1. The van der Waals surface area contributed by atoms with E-state index in [2.05, 4.69) is 215 Å². The normalized spacial score (nSPS) is 20.5. The molecule has 0 bridgehead atoms. The number of rotatable bonds is 4. The van der Waals surface area contributed by atoms with Crippen LogP contribution in [0.4, 0.5) is 0 Å². The second-order valence-corrected chi connectivity index (χ2v) is 15.3. The van der Waals surface area contributed by atoms with Crippen molar-refractivity contribution in [1.29, 1.82) is 0 Å². The van der Waals surface area contributed by atoms with Crippen LogP contribution in [0.15, 0.2) is 194 Å². The molecule has 1 aromatic heterocycles. The third-order valence-electron chi connectivity index (χ3n) is 12.5. The van der Waals surface area contributed by atoms with Crippen LogP contribution in [0.1, 0.15) is 57.4 Å². The van der Waals surface area contributed by atoms with Crippen LogP contribution in [0.3, 0.4) is 0 Å². The van der Waals surface area contributed by atoms with E-state index in [-0.39, 0.29) is 18.5 Å². The van der Waals surface area contributed by atoms with Crippen LogP contribution >= 0.6 is 0 Å². The van der Waals surface area contributed by atoms with Crippen molar-refractivity contribution in [3.05, 3.63) is 233 Å². The van der Waals surface area contributed by atoms with Crippen LogP contribution in [-0.4, -0.2) is 4.57 Å². The average molecular weight is 719 g/mol. The Hall–Kier alpha value is -6.56. The topological polar surface area (TPSA) is 41.0 Å². The van der Waals surface area contributed by atoms with E-state index in [1.165, 1.54) is 88.7 Å². The average Bonchev–Trinajstić information content (AvgIpc) is 3.77. The third kappa shape index (κ3) is 4.40. The minimum absolute atomic E-state index is 0.0514. The summed E-state index contributed by atoms with van der Waals surface area (Å²) in [6.07, 6.45) is -0.226. The molecule has 3 unspecified atom stereocenters. The van der Waals surface area contributed by atoms with E-state index in [9.17, 15) is 0 Å². The van der Waals surface area contributed by atoms with Crippen LogP contribution in [0.2, 0.25) is 0 Å². The van der Waals surface area contributed by atoms with Crippen LogP contribution in [-0.2, 0) is 5.41 Å². The predicted octanol–water partition coefficient (Wildman–Crippen LogP) is 11.3. The van der Waals surface area contributed by atoms with E-state index < -0.39 is 5.41 Å². The maximum absolute atomic E-state index is 3.94. The monoisotopic (exact) mass is 718 g/mol. The van der Waals surface area contributed by atoms with Crippen molar-refractivity contribution in [2.45, 2.75) is 23.9 Å². The molecule has 3 heterocycles. The van der Waals surface area contributed by atoms with Gasteiger partial charge in [-0.3, -0.25) is 16.0 Å². The van der Waals surface area contributed by atoms with Crippen molar-refractivity contribution in [3.8, 4) is 27.9 Å². The Labute approximate surface area is 326 Å². The second kappa shape index (κ2) is 12.2. The summed E-state index contributed by atoms with van der Waals surface area (Å²) in [4.78, 5) is 0. The Kier molecular flexibility index (Phi) is 6.93. The maximum atomic E-state index is 3.94. The molecular formula is C52H38N4. The fourth-order valence-electron chi connectivity index (χ4n) is 10.2. The van der Waals surface area contributed by atoms with Gasteiger partial charge in [0.25, 0.3) is 0 Å². The summed E-state index contributed by atoms with van der Waals surface area (Å²) in [6.45, 7) is 0. The first-order chi connectivity index (χ1) is 27.8. The van der Waals surface area contributed by atoms with Gasteiger partial charge in [0.05, 0.1) is 40.6 Å². The lowest BCUT2D eigenvalue weighted by molar-refractivity contribution is 0.203. The number of benzene rings is 8. The molecule has 56 heavy (non-hydrogen) atoms. The SMILES string of the molecule is c1ccc(C2NC(c3ccccc3)NC(c3ccccc3-c3ccc4c(c3)C3(c5ccccc5-4)c4ccccc4-n4c5ccccc5c5cccc3c54)N2)cc1. The number of fused-ring (bicyclic) bond motifs is 12. The zero-order valence-corrected chi connectivity index (χ0v) is 30.7. The standard InChI is InChI=1S/C52H38N4/c1-3-16-33(17-4-1)49-53-50(34-18-5-2-6-19-34)55-51(54-49)41-23-8-7-20-36(41)35-30-31-38-37-21-9-11-25-42(37)52(45(38)32-35)43-26-12-14-29-47(43)56-46-28-13-10-22-39(46)40-24-15-27-44(52)48(40)56/h1-32,49-51,53-55H. The van der Waals surface area contributed by atoms with E-state index in [0.29, 0.717) is 0 Å². The lowest BCUT2D eigenvalue weighted by Crippen LogP contribution is -2.54. The van der Waals surface area contributed by atoms with Gasteiger partial charge in [0, 0.05) is 10.8 Å². The minimum Gasteiger partial charge on any atom is -0.309 e. The molecule has 2 aliphatic heterocycles. The summed E-state index contributed by atoms with van der Waals surface area (Å²) < 4.78 is 2.51. The van der Waals surface area contributed by atoms with Gasteiger partial charge in [0.2, 0.25) is 0 Å². The van der Waals surface area contributed by atoms with E-state index >= 15 is 0 Å². The van der Waals surface area contributed by atoms with Crippen molar-refractivity contribution in [1.82, 2.24) is 20.5 Å². The first-order valence-corrected chi connectivity index (χ1v) is 19.6. The first-order valence-electron chi connectivity index (χ1n) is 19.6. The lowest BCUT2D eigenvalue weighted by atomic mass is 9.65. The molecule has 3 N–H and O–H groups in total. The molecule has 1 spiro atoms. The van der Waals surface area contributed by atoms with Crippen molar-refractivity contribution in [3.63, 3.8) is 0 Å². The molecule has 4 heteroatoms. The Morgan fingerprint density at radius 1 is 0.393 bits per heavy atom. The van der Waals surface area contributed by atoms with Crippen LogP contribution in [0, 0.1) is 0 Å². The highest BCUT2D eigenvalue weighted by atomic mass is 15.4. The molecule has 12 rings (SSSR count). The third-order valence-corrected chi connectivity index (χ3v) is 12.5. The van der Waals surface area contributed by atoms with Crippen LogP contribution in [0.25, 0.3) is 49.7 Å². The Morgan fingerprint density at radius 3 is 1.75 bits per heavy atom. The van der Waals surface area contributed by atoms with Crippen LogP contribution in [0.5, 0.6) is 0 Å². The van der Waals surface area contributed by atoms with Gasteiger partial charge < -0.3 is 4.57 Å². The zero-order chi connectivity index (χ0) is 36.8. The van der Waals surface area contributed by atoms with Gasteiger partial charge in [-0.05, 0) is 79.4 Å². The fraction of sp³-hybridized carbons (Fsp3) is 0.0769. The number of hydrogen-bond donors (Lipinski definition) is 3. The summed E-state index contributed by atoms with van der Waals surface area (Å²) in [5.74, 6) is 0. The molecule has 1 aliphatic carbocycles. The van der Waals surface area contributed by atoms with Gasteiger partial charge in [-0.25, -0.2) is 0 Å².